The number of amides is 1. The molecule has 0 bridgehead atoms. The molecule has 1 aliphatic heterocycles. The lowest BCUT2D eigenvalue weighted by Gasteiger charge is -2.32. The van der Waals surface area contributed by atoms with Gasteiger partial charge < -0.3 is 19.9 Å². The quantitative estimate of drug-likeness (QED) is 0.773. The van der Waals surface area contributed by atoms with Gasteiger partial charge in [0.25, 0.3) is 0 Å². The van der Waals surface area contributed by atoms with Gasteiger partial charge in [0, 0.05) is 19.6 Å². The number of nitrogens with zero attached hydrogens (tertiary/aromatic N) is 1. The lowest BCUT2D eigenvalue weighted by molar-refractivity contribution is -0.145. The first kappa shape index (κ1) is 16.7. The fourth-order valence-corrected chi connectivity index (χ4v) is 1.98. The average molecular weight is 288 g/mol. The molecule has 0 aromatic rings. The molecule has 1 heterocycles. The minimum atomic E-state index is -0.877. The van der Waals surface area contributed by atoms with Gasteiger partial charge in [0.1, 0.15) is 11.6 Å². The van der Waals surface area contributed by atoms with E-state index in [0.717, 1.165) is 0 Å². The molecule has 2 N–H and O–H groups in total. The van der Waals surface area contributed by atoms with E-state index >= 15 is 0 Å². The highest BCUT2D eigenvalue weighted by atomic mass is 16.6. The molecular weight excluding hydrogens is 264 g/mol. The third-order valence-electron chi connectivity index (χ3n) is 2.86. The zero-order valence-corrected chi connectivity index (χ0v) is 12.3. The van der Waals surface area contributed by atoms with Gasteiger partial charge in [0.2, 0.25) is 0 Å². The van der Waals surface area contributed by atoms with Gasteiger partial charge in [-0.1, -0.05) is 0 Å². The minimum absolute atomic E-state index is 0.267. The Morgan fingerprint density at radius 3 is 2.45 bits per heavy atom. The summed E-state index contributed by atoms with van der Waals surface area (Å²) in [7, 11) is 0. The fourth-order valence-electron chi connectivity index (χ4n) is 1.98. The standard InChI is InChI=1S/C13H24N2O5/c1-13(2,3)20-12(18)14-5-4-10(11(16)17)15-6-8-19-9-7-15/h10H,4-9H2,1-3H3,(H,14,18)(H,16,17). The molecule has 1 aliphatic rings. The largest absolute Gasteiger partial charge is 0.480 e. The summed E-state index contributed by atoms with van der Waals surface area (Å²) in [6.07, 6.45) is -0.183. The van der Waals surface area contributed by atoms with Gasteiger partial charge in [-0.25, -0.2) is 4.79 Å². The highest BCUT2D eigenvalue weighted by molar-refractivity contribution is 5.73. The highest BCUT2D eigenvalue weighted by Crippen LogP contribution is 2.09. The van der Waals surface area contributed by atoms with Crippen LogP contribution < -0.4 is 5.32 Å². The zero-order chi connectivity index (χ0) is 15.2. The van der Waals surface area contributed by atoms with Crippen molar-refractivity contribution in [1.82, 2.24) is 10.2 Å². The van der Waals surface area contributed by atoms with Crippen LogP contribution in [0.4, 0.5) is 4.79 Å². The molecule has 1 rings (SSSR count). The SMILES string of the molecule is CC(C)(C)OC(=O)NCCC(C(=O)O)N1CCOCC1. The number of ether oxygens (including phenoxy) is 2. The third-order valence-corrected chi connectivity index (χ3v) is 2.86. The molecule has 116 valence electrons. The van der Waals surface area contributed by atoms with Gasteiger partial charge in [-0.3, -0.25) is 9.69 Å². The highest BCUT2D eigenvalue weighted by Gasteiger charge is 2.27. The van der Waals surface area contributed by atoms with Crippen LogP contribution in [0.15, 0.2) is 0 Å². The Balaban J connectivity index is 2.36. The van der Waals surface area contributed by atoms with Crippen LogP contribution in [0.3, 0.4) is 0 Å². The van der Waals surface area contributed by atoms with Crippen LogP contribution in [0, 0.1) is 0 Å². The number of morpholine rings is 1. The van der Waals surface area contributed by atoms with E-state index in [0.29, 0.717) is 32.7 Å². The monoisotopic (exact) mass is 288 g/mol. The first-order valence-electron chi connectivity index (χ1n) is 6.81. The van der Waals surface area contributed by atoms with Crippen molar-refractivity contribution in [3.8, 4) is 0 Å². The van der Waals surface area contributed by atoms with Gasteiger partial charge in [-0.05, 0) is 27.2 Å². The number of aliphatic carboxylic acids is 1. The van der Waals surface area contributed by atoms with Gasteiger partial charge in [0.15, 0.2) is 0 Å². The Morgan fingerprint density at radius 2 is 1.95 bits per heavy atom. The van der Waals surface area contributed by atoms with Gasteiger partial charge >= 0.3 is 12.1 Å². The number of alkyl carbamates (subject to hydrolysis) is 1. The van der Waals surface area contributed by atoms with E-state index in [1.54, 1.807) is 20.8 Å². The van der Waals surface area contributed by atoms with Crippen molar-refractivity contribution in [2.75, 3.05) is 32.8 Å². The molecule has 1 saturated heterocycles. The normalized spacial score (nSPS) is 18.4. The van der Waals surface area contributed by atoms with E-state index in [1.807, 2.05) is 4.90 Å². The summed E-state index contributed by atoms with van der Waals surface area (Å²) in [5, 5.41) is 11.8. The van der Waals surface area contributed by atoms with E-state index in [-0.39, 0.29) is 6.54 Å². The second-order valence-electron chi connectivity index (χ2n) is 5.72. The summed E-state index contributed by atoms with van der Waals surface area (Å²) in [6, 6.07) is -0.603. The van der Waals surface area contributed by atoms with E-state index in [9.17, 15) is 14.7 Å². The smallest absolute Gasteiger partial charge is 0.407 e. The van der Waals surface area contributed by atoms with E-state index < -0.39 is 23.7 Å². The second kappa shape index (κ2) is 7.44. The number of carboxylic acids is 1. The maximum absolute atomic E-state index is 11.5. The molecule has 1 fully saturated rings. The molecule has 0 spiro atoms. The number of carboxylic acid groups (broad SMARTS) is 1. The Kier molecular flexibility index (Phi) is 6.22. The Bertz CT molecular complexity index is 334. The lowest BCUT2D eigenvalue weighted by atomic mass is 10.1. The van der Waals surface area contributed by atoms with E-state index in [2.05, 4.69) is 5.32 Å². The van der Waals surface area contributed by atoms with E-state index in [1.165, 1.54) is 0 Å². The fraction of sp³-hybridized carbons (Fsp3) is 0.846. The number of hydrogen-bond acceptors (Lipinski definition) is 5. The number of carbonyl (C=O) groups is 2. The van der Waals surface area contributed by atoms with E-state index in [4.69, 9.17) is 9.47 Å². The molecule has 0 aliphatic carbocycles. The van der Waals surface area contributed by atoms with Crippen LogP contribution in [0.25, 0.3) is 0 Å². The molecule has 0 aromatic carbocycles. The summed E-state index contributed by atoms with van der Waals surface area (Å²) in [4.78, 5) is 24.6. The van der Waals surface area contributed by atoms with Crippen LogP contribution in [0.2, 0.25) is 0 Å². The Labute approximate surface area is 119 Å². The summed E-state index contributed by atoms with van der Waals surface area (Å²) < 4.78 is 10.3. The molecule has 7 heteroatoms. The second-order valence-corrected chi connectivity index (χ2v) is 5.72. The molecule has 1 unspecified atom stereocenters. The van der Waals surface area contributed by atoms with Crippen molar-refractivity contribution in [2.45, 2.75) is 38.8 Å². The Morgan fingerprint density at radius 1 is 1.35 bits per heavy atom. The van der Waals surface area contributed by atoms with Gasteiger partial charge in [0.05, 0.1) is 13.2 Å². The molecule has 0 radical (unpaired) electrons. The van der Waals surface area contributed by atoms with Crippen LogP contribution >= 0.6 is 0 Å². The van der Waals surface area contributed by atoms with Crippen molar-refractivity contribution < 1.29 is 24.2 Å². The summed E-state index contributed by atoms with van der Waals surface area (Å²) in [5.41, 5.74) is -0.555. The maximum atomic E-state index is 11.5. The molecule has 0 saturated carbocycles. The topological polar surface area (TPSA) is 88.1 Å². The molecule has 20 heavy (non-hydrogen) atoms. The van der Waals surface area contributed by atoms with Crippen molar-refractivity contribution in [1.29, 1.82) is 0 Å². The molecule has 7 nitrogen and oxygen atoms in total. The summed E-state index contributed by atoms with van der Waals surface area (Å²) in [5.74, 6) is -0.877. The van der Waals surface area contributed by atoms with Crippen molar-refractivity contribution >= 4 is 12.1 Å². The maximum Gasteiger partial charge on any atom is 0.407 e. The molecule has 1 amide bonds. The molecule has 0 aromatic heterocycles. The number of hydrogen-bond donors (Lipinski definition) is 2. The summed E-state index contributed by atoms with van der Waals surface area (Å²) in [6.45, 7) is 7.89. The zero-order valence-electron chi connectivity index (χ0n) is 12.3. The minimum Gasteiger partial charge on any atom is -0.480 e. The van der Waals surface area contributed by atoms with Gasteiger partial charge in [-0.2, -0.15) is 0 Å². The van der Waals surface area contributed by atoms with Crippen LogP contribution in [0.1, 0.15) is 27.2 Å². The van der Waals surface area contributed by atoms with Crippen LogP contribution in [-0.2, 0) is 14.3 Å². The van der Waals surface area contributed by atoms with Crippen LogP contribution in [0.5, 0.6) is 0 Å². The van der Waals surface area contributed by atoms with Crippen molar-refractivity contribution in [2.24, 2.45) is 0 Å². The van der Waals surface area contributed by atoms with Gasteiger partial charge in [-0.15, -0.1) is 0 Å². The van der Waals surface area contributed by atoms with Crippen molar-refractivity contribution in [3.05, 3.63) is 0 Å². The first-order valence-corrected chi connectivity index (χ1v) is 6.81. The number of carbonyl (C=O) groups excluding carboxylic acids is 1. The predicted molar refractivity (Wildman–Crippen MR) is 72.7 cm³/mol. The Hall–Kier alpha value is -1.34. The predicted octanol–water partition coefficient (Wildman–Crippen LogP) is 0.687. The lowest BCUT2D eigenvalue weighted by Crippen LogP contribution is -2.48. The number of nitrogens with one attached hydrogen (secondary N) is 1. The third kappa shape index (κ3) is 6.21. The average Bonchev–Trinajstić information content (AvgIpc) is 2.33. The first-order chi connectivity index (χ1) is 9.29. The van der Waals surface area contributed by atoms with Crippen molar-refractivity contribution in [3.63, 3.8) is 0 Å². The molecule has 1 atom stereocenters. The van der Waals surface area contributed by atoms with Crippen LogP contribution in [-0.4, -0.2) is 66.6 Å². The number of rotatable bonds is 5. The molecular formula is C13H24N2O5. The summed E-state index contributed by atoms with van der Waals surface area (Å²) >= 11 is 0.